The Morgan fingerprint density at radius 3 is 2.75 bits per heavy atom. The van der Waals surface area contributed by atoms with Gasteiger partial charge in [-0.25, -0.2) is 0 Å². The zero-order valence-electron chi connectivity index (χ0n) is 15.0. The Balaban J connectivity index is 1.62. The smallest absolute Gasteiger partial charge is 0.312 e. The van der Waals surface area contributed by atoms with Crippen molar-refractivity contribution < 1.29 is 19.0 Å². The highest BCUT2D eigenvalue weighted by Crippen LogP contribution is 2.70. The Hall–Kier alpha value is -1.03. The van der Waals surface area contributed by atoms with Crippen molar-refractivity contribution in [1.82, 2.24) is 0 Å². The minimum absolute atomic E-state index is 0.00553. The molecular formula is C20H28O4. The predicted octanol–water partition coefficient (Wildman–Crippen LogP) is 3.60. The summed E-state index contributed by atoms with van der Waals surface area (Å²) in [6, 6.07) is 0. The third kappa shape index (κ3) is 1.53. The van der Waals surface area contributed by atoms with Gasteiger partial charge in [-0.2, -0.15) is 0 Å². The van der Waals surface area contributed by atoms with Crippen LogP contribution in [0.5, 0.6) is 0 Å². The summed E-state index contributed by atoms with van der Waals surface area (Å²) in [5.41, 5.74) is -0.746. The summed E-state index contributed by atoms with van der Waals surface area (Å²) in [6.07, 6.45) is 10.2. The lowest BCUT2D eigenvalue weighted by Crippen LogP contribution is -2.65. The summed E-state index contributed by atoms with van der Waals surface area (Å²) in [5.74, 6) is 0.707. The molecule has 5 rings (SSSR count). The second-order valence-electron chi connectivity index (χ2n) is 9.42. The van der Waals surface area contributed by atoms with E-state index in [0.717, 1.165) is 38.5 Å². The van der Waals surface area contributed by atoms with Crippen molar-refractivity contribution >= 4 is 5.97 Å². The second-order valence-corrected chi connectivity index (χ2v) is 9.42. The van der Waals surface area contributed by atoms with Crippen molar-refractivity contribution in [2.24, 2.45) is 22.7 Å². The Morgan fingerprint density at radius 2 is 2.00 bits per heavy atom. The van der Waals surface area contributed by atoms with Gasteiger partial charge in [0.1, 0.15) is 18.3 Å². The summed E-state index contributed by atoms with van der Waals surface area (Å²) < 4.78 is 18.4. The van der Waals surface area contributed by atoms with Crippen LogP contribution in [0.25, 0.3) is 0 Å². The van der Waals surface area contributed by atoms with E-state index in [9.17, 15) is 4.79 Å². The van der Waals surface area contributed by atoms with Crippen molar-refractivity contribution in [2.75, 3.05) is 6.61 Å². The lowest BCUT2D eigenvalue weighted by Gasteiger charge is -2.62. The van der Waals surface area contributed by atoms with Crippen molar-refractivity contribution in [3.8, 4) is 0 Å². The van der Waals surface area contributed by atoms with E-state index >= 15 is 0 Å². The van der Waals surface area contributed by atoms with Crippen LogP contribution in [0.15, 0.2) is 12.3 Å². The minimum atomic E-state index is -0.327. The lowest BCUT2D eigenvalue weighted by molar-refractivity contribution is -0.245. The fourth-order valence-corrected chi connectivity index (χ4v) is 7.23. The molecule has 0 unspecified atom stereocenters. The van der Waals surface area contributed by atoms with Crippen LogP contribution in [-0.4, -0.2) is 29.9 Å². The molecule has 132 valence electrons. The number of hydrogen-bond donors (Lipinski definition) is 0. The highest BCUT2D eigenvalue weighted by molar-refractivity contribution is 5.80. The van der Waals surface area contributed by atoms with Gasteiger partial charge in [0.25, 0.3) is 0 Å². The molecular weight excluding hydrogens is 304 g/mol. The van der Waals surface area contributed by atoms with Crippen molar-refractivity contribution in [3.05, 3.63) is 12.3 Å². The molecule has 0 radical (unpaired) electrons. The molecule has 4 fully saturated rings. The zero-order valence-corrected chi connectivity index (χ0v) is 15.0. The standard InChI is InChI=1S/C20H28O4/c1-13-11-14-15-17(2,16(21)23-14)5-4-6-18(15,3)20(13)8-7-19(24-20)9-10-22-12-19/h9-10,13-15H,4-8,11-12H2,1-3H3/t13-,14-,15-,17+,18+,19-,20-/m1/s1. The highest BCUT2D eigenvalue weighted by atomic mass is 16.6. The third-order valence-corrected chi connectivity index (χ3v) is 8.31. The van der Waals surface area contributed by atoms with E-state index in [1.54, 1.807) is 6.26 Å². The van der Waals surface area contributed by atoms with Gasteiger partial charge < -0.3 is 14.2 Å². The number of fused-ring (bicyclic) bond motifs is 1. The maximum Gasteiger partial charge on any atom is 0.312 e. The number of ether oxygens (including phenoxy) is 3. The molecule has 3 aliphatic heterocycles. The van der Waals surface area contributed by atoms with E-state index < -0.39 is 0 Å². The quantitative estimate of drug-likeness (QED) is 0.636. The molecule has 24 heavy (non-hydrogen) atoms. The fraction of sp³-hybridized carbons (Fsp3) is 0.850. The predicted molar refractivity (Wildman–Crippen MR) is 88.1 cm³/mol. The molecule has 0 bridgehead atoms. The van der Waals surface area contributed by atoms with E-state index in [1.165, 1.54) is 0 Å². The molecule has 0 aromatic carbocycles. The van der Waals surface area contributed by atoms with Crippen molar-refractivity contribution in [1.29, 1.82) is 0 Å². The first kappa shape index (κ1) is 15.2. The average Bonchev–Trinajstić information content (AvgIpc) is 3.20. The third-order valence-electron chi connectivity index (χ3n) is 8.31. The summed E-state index contributed by atoms with van der Waals surface area (Å²) >= 11 is 0. The van der Waals surface area contributed by atoms with Gasteiger partial charge in [-0.1, -0.05) is 20.3 Å². The first-order valence-electron chi connectivity index (χ1n) is 9.56. The van der Waals surface area contributed by atoms with Crippen LogP contribution in [0.4, 0.5) is 0 Å². The van der Waals surface area contributed by atoms with Gasteiger partial charge in [0, 0.05) is 11.3 Å². The Kier molecular flexibility index (Phi) is 2.78. The summed E-state index contributed by atoms with van der Waals surface area (Å²) in [5, 5.41) is 0. The topological polar surface area (TPSA) is 44.8 Å². The Morgan fingerprint density at radius 1 is 1.17 bits per heavy atom. The number of hydrogen-bond acceptors (Lipinski definition) is 4. The van der Waals surface area contributed by atoms with Gasteiger partial charge in [0.2, 0.25) is 0 Å². The van der Waals surface area contributed by atoms with Gasteiger partial charge in [0.15, 0.2) is 0 Å². The second kappa shape index (κ2) is 4.38. The molecule has 0 N–H and O–H groups in total. The molecule has 2 aliphatic carbocycles. The van der Waals surface area contributed by atoms with E-state index in [1.807, 2.05) is 0 Å². The number of carbonyl (C=O) groups excluding carboxylic acids is 1. The number of carbonyl (C=O) groups is 1. The molecule has 5 aliphatic rings. The van der Waals surface area contributed by atoms with E-state index in [-0.39, 0.29) is 40.0 Å². The summed E-state index contributed by atoms with van der Waals surface area (Å²) in [4.78, 5) is 12.7. The highest BCUT2D eigenvalue weighted by Gasteiger charge is 2.74. The van der Waals surface area contributed by atoms with Crippen LogP contribution in [-0.2, 0) is 19.0 Å². The molecule has 2 saturated carbocycles. The molecule has 4 heteroatoms. The first-order valence-corrected chi connectivity index (χ1v) is 9.56. The van der Waals surface area contributed by atoms with Gasteiger partial charge in [-0.15, -0.1) is 0 Å². The van der Waals surface area contributed by atoms with Crippen molar-refractivity contribution in [3.63, 3.8) is 0 Å². The first-order chi connectivity index (χ1) is 11.4. The van der Waals surface area contributed by atoms with Crippen molar-refractivity contribution in [2.45, 2.75) is 76.6 Å². The Labute approximate surface area is 143 Å². The van der Waals surface area contributed by atoms with Crippen LogP contribution >= 0.6 is 0 Å². The summed E-state index contributed by atoms with van der Waals surface area (Å²) in [7, 11) is 0. The molecule has 0 aromatic rings. The summed E-state index contributed by atoms with van der Waals surface area (Å²) in [6.45, 7) is 7.47. The largest absolute Gasteiger partial charge is 0.498 e. The molecule has 4 nitrogen and oxygen atoms in total. The average molecular weight is 332 g/mol. The van der Waals surface area contributed by atoms with E-state index in [2.05, 4.69) is 26.8 Å². The van der Waals surface area contributed by atoms with Crippen LogP contribution in [0.2, 0.25) is 0 Å². The van der Waals surface area contributed by atoms with Gasteiger partial charge in [0.05, 0.1) is 17.3 Å². The van der Waals surface area contributed by atoms with E-state index in [4.69, 9.17) is 14.2 Å². The fourth-order valence-electron chi connectivity index (χ4n) is 7.23. The number of esters is 1. The van der Waals surface area contributed by atoms with E-state index in [0.29, 0.717) is 12.5 Å². The van der Waals surface area contributed by atoms with Crippen LogP contribution in [0, 0.1) is 22.7 Å². The van der Waals surface area contributed by atoms with Gasteiger partial charge in [-0.3, -0.25) is 4.79 Å². The molecule has 0 aromatic heterocycles. The maximum absolute atomic E-state index is 12.7. The minimum Gasteiger partial charge on any atom is -0.498 e. The maximum atomic E-state index is 12.7. The molecule has 3 heterocycles. The Bertz CT molecular complexity index is 629. The monoisotopic (exact) mass is 332 g/mol. The van der Waals surface area contributed by atoms with Crippen LogP contribution < -0.4 is 0 Å². The molecule has 0 amide bonds. The molecule has 2 saturated heterocycles. The normalized spacial score (nSPS) is 58.1. The van der Waals surface area contributed by atoms with Crippen LogP contribution in [0.3, 0.4) is 0 Å². The number of rotatable bonds is 0. The lowest BCUT2D eigenvalue weighted by atomic mass is 9.44. The SMILES string of the molecule is C[C@@H]1C[C@H]2OC(=O)[C@@]3(C)CCC[C@@](C)([C@H]23)[C@@]12CC[C@]1(C=COC1)O2. The van der Waals surface area contributed by atoms with Crippen LogP contribution in [0.1, 0.15) is 59.3 Å². The molecule has 7 atom stereocenters. The zero-order chi connectivity index (χ0) is 16.8. The van der Waals surface area contributed by atoms with Gasteiger partial charge in [-0.05, 0) is 51.0 Å². The molecule has 2 spiro atoms. The van der Waals surface area contributed by atoms with Gasteiger partial charge >= 0.3 is 5.97 Å².